The van der Waals surface area contributed by atoms with Crippen LogP contribution in [0.5, 0.6) is 0 Å². The first kappa shape index (κ1) is 17.5. The van der Waals surface area contributed by atoms with Crippen molar-refractivity contribution in [1.29, 1.82) is 0 Å². The van der Waals surface area contributed by atoms with Gasteiger partial charge >= 0.3 is 6.09 Å². The van der Waals surface area contributed by atoms with Crippen molar-refractivity contribution in [2.45, 2.75) is 37.5 Å². The van der Waals surface area contributed by atoms with Crippen molar-refractivity contribution in [1.82, 2.24) is 10.3 Å². The van der Waals surface area contributed by atoms with Crippen molar-refractivity contribution in [2.24, 2.45) is 0 Å². The monoisotopic (exact) mass is 366 g/mol. The summed E-state index contributed by atoms with van der Waals surface area (Å²) < 4.78 is 24.5. The number of rotatable bonds is 3. The maximum Gasteiger partial charge on any atom is 0.408 e. The molecule has 6 heteroatoms. The second kappa shape index (κ2) is 7.77. The number of nitrogens with zero attached hydrogens (tertiary/aromatic N) is 1. The number of ether oxygens (including phenoxy) is 2. The number of alkyl carbamates (subject to hydrolysis) is 1. The Labute approximate surface area is 156 Å². The van der Waals surface area contributed by atoms with Crippen LogP contribution in [-0.2, 0) is 9.47 Å². The van der Waals surface area contributed by atoms with E-state index in [-0.39, 0.29) is 11.9 Å². The van der Waals surface area contributed by atoms with Crippen molar-refractivity contribution in [3.05, 3.63) is 65.2 Å². The van der Waals surface area contributed by atoms with Crippen LogP contribution in [0.15, 0.2) is 42.7 Å². The van der Waals surface area contributed by atoms with E-state index >= 15 is 0 Å². The first-order valence-electron chi connectivity index (χ1n) is 8.97. The van der Waals surface area contributed by atoms with Crippen LogP contribution in [0.1, 0.15) is 48.1 Å². The molecule has 2 saturated heterocycles. The fourth-order valence-corrected chi connectivity index (χ4v) is 3.39. The Hall–Kier alpha value is -2.91. The van der Waals surface area contributed by atoms with E-state index < -0.39 is 18.2 Å². The lowest BCUT2D eigenvalue weighted by Gasteiger charge is -2.17. The van der Waals surface area contributed by atoms with E-state index in [9.17, 15) is 9.18 Å². The minimum absolute atomic E-state index is 0.216. The summed E-state index contributed by atoms with van der Waals surface area (Å²) >= 11 is 0. The van der Waals surface area contributed by atoms with Crippen LogP contribution in [0.2, 0.25) is 0 Å². The number of nitrogens with one attached hydrogen (secondary N) is 1. The third-order valence-electron chi connectivity index (χ3n) is 4.69. The highest BCUT2D eigenvalue weighted by Gasteiger charge is 2.36. The summed E-state index contributed by atoms with van der Waals surface area (Å²) in [6, 6.07) is 7.48. The molecule has 0 aliphatic carbocycles. The Bertz CT molecular complexity index is 900. The molecule has 4 rings (SSSR count). The number of pyridine rings is 1. The molecule has 1 aromatic carbocycles. The predicted octanol–water partition coefficient (Wildman–Crippen LogP) is 3.66. The quantitative estimate of drug-likeness (QED) is 0.842. The molecule has 2 aromatic rings. The predicted molar refractivity (Wildman–Crippen MR) is 96.2 cm³/mol. The summed E-state index contributed by atoms with van der Waals surface area (Å²) in [5, 5.41) is 2.77. The van der Waals surface area contributed by atoms with Crippen LogP contribution >= 0.6 is 0 Å². The molecule has 2 aliphatic heterocycles. The Morgan fingerprint density at radius 1 is 1.26 bits per heavy atom. The van der Waals surface area contributed by atoms with Gasteiger partial charge in [0.2, 0.25) is 0 Å². The maximum absolute atomic E-state index is 13.6. The second-order valence-corrected chi connectivity index (χ2v) is 6.65. The first-order chi connectivity index (χ1) is 13.2. The largest absolute Gasteiger partial charge is 0.439 e. The number of cyclic esters (lactones) is 1. The van der Waals surface area contributed by atoms with Gasteiger partial charge in [-0.2, -0.15) is 0 Å². The molecular formula is C21H19FN2O3. The average molecular weight is 366 g/mol. The summed E-state index contributed by atoms with van der Waals surface area (Å²) in [4.78, 5) is 16.0. The van der Waals surface area contributed by atoms with Gasteiger partial charge in [0.1, 0.15) is 11.9 Å². The maximum atomic E-state index is 13.6. The molecule has 1 unspecified atom stereocenters. The minimum Gasteiger partial charge on any atom is -0.439 e. The van der Waals surface area contributed by atoms with Crippen LogP contribution in [0.3, 0.4) is 0 Å². The van der Waals surface area contributed by atoms with E-state index in [1.807, 2.05) is 6.07 Å². The number of halogens is 1. The Morgan fingerprint density at radius 2 is 2.19 bits per heavy atom. The van der Waals surface area contributed by atoms with Gasteiger partial charge in [-0.15, -0.1) is 0 Å². The molecule has 5 nitrogen and oxygen atoms in total. The van der Waals surface area contributed by atoms with Gasteiger partial charge in [0.15, 0.2) is 6.10 Å². The van der Waals surface area contributed by atoms with Crippen LogP contribution < -0.4 is 5.32 Å². The molecule has 0 bridgehead atoms. The van der Waals surface area contributed by atoms with Crippen LogP contribution in [0.4, 0.5) is 9.18 Å². The minimum atomic E-state index is -0.620. The normalized spacial score (nSPS) is 24.0. The van der Waals surface area contributed by atoms with Gasteiger partial charge in [-0.1, -0.05) is 24.0 Å². The molecule has 138 valence electrons. The molecule has 3 heterocycles. The summed E-state index contributed by atoms with van der Waals surface area (Å²) in [6.07, 6.45) is 5.24. The van der Waals surface area contributed by atoms with Crippen LogP contribution in [-0.4, -0.2) is 23.8 Å². The third kappa shape index (κ3) is 4.09. The number of carbonyl (C=O) groups excluding carboxylic acids is 1. The molecule has 0 spiro atoms. The van der Waals surface area contributed by atoms with Crippen molar-refractivity contribution >= 4 is 6.09 Å². The summed E-state index contributed by atoms with van der Waals surface area (Å²) in [6.45, 7) is 0.812. The number of hydrogen-bond donors (Lipinski definition) is 1. The van der Waals surface area contributed by atoms with Gasteiger partial charge in [0.05, 0.1) is 6.10 Å². The van der Waals surface area contributed by atoms with E-state index in [4.69, 9.17) is 9.47 Å². The van der Waals surface area contributed by atoms with Crippen molar-refractivity contribution in [3.63, 3.8) is 0 Å². The Morgan fingerprint density at radius 3 is 3.00 bits per heavy atom. The molecule has 3 atom stereocenters. The van der Waals surface area contributed by atoms with Crippen molar-refractivity contribution < 1.29 is 18.7 Å². The van der Waals surface area contributed by atoms with E-state index in [1.165, 1.54) is 12.1 Å². The van der Waals surface area contributed by atoms with Crippen LogP contribution in [0, 0.1) is 17.7 Å². The SMILES string of the molecule is O=C1N[C@H](c2cncc(C#CCC3CCCO3)c2)[C@@H](c2cccc(F)c2)O1. The highest BCUT2D eigenvalue weighted by molar-refractivity contribution is 5.71. The van der Waals surface area contributed by atoms with Gasteiger partial charge in [-0.05, 0) is 42.2 Å². The summed E-state index contributed by atoms with van der Waals surface area (Å²) in [5.74, 6) is 5.87. The lowest BCUT2D eigenvalue weighted by Crippen LogP contribution is -2.19. The van der Waals surface area contributed by atoms with E-state index in [1.54, 1.807) is 24.5 Å². The highest BCUT2D eigenvalue weighted by atomic mass is 19.1. The smallest absolute Gasteiger partial charge is 0.408 e. The van der Waals surface area contributed by atoms with Gasteiger partial charge in [0.25, 0.3) is 0 Å². The van der Waals surface area contributed by atoms with Gasteiger partial charge in [-0.25, -0.2) is 9.18 Å². The lowest BCUT2D eigenvalue weighted by atomic mass is 9.97. The lowest BCUT2D eigenvalue weighted by molar-refractivity contribution is 0.115. The van der Waals surface area contributed by atoms with Gasteiger partial charge < -0.3 is 14.8 Å². The van der Waals surface area contributed by atoms with Gasteiger partial charge in [-0.3, -0.25) is 4.98 Å². The zero-order valence-corrected chi connectivity index (χ0v) is 14.7. The van der Waals surface area contributed by atoms with Crippen molar-refractivity contribution in [3.8, 4) is 11.8 Å². The zero-order valence-electron chi connectivity index (χ0n) is 14.7. The average Bonchev–Trinajstić information content (AvgIpc) is 3.32. The van der Waals surface area contributed by atoms with E-state index in [0.717, 1.165) is 30.6 Å². The molecule has 1 N–H and O–H groups in total. The fourth-order valence-electron chi connectivity index (χ4n) is 3.39. The Kier molecular flexibility index (Phi) is 5.03. The number of amides is 1. The van der Waals surface area contributed by atoms with E-state index in [2.05, 4.69) is 22.1 Å². The van der Waals surface area contributed by atoms with Crippen molar-refractivity contribution in [2.75, 3.05) is 6.61 Å². The standard InChI is InChI=1S/C21H19FN2O3/c22-17-6-2-5-15(11-17)20-19(24-21(25)27-20)16-10-14(12-23-13-16)4-1-7-18-8-3-9-26-18/h2,5-6,10-13,18-20H,3,7-9H2,(H,24,25)/t18?,19-,20-/m1/s1. The molecular weight excluding hydrogens is 347 g/mol. The molecule has 0 radical (unpaired) electrons. The third-order valence-corrected chi connectivity index (χ3v) is 4.69. The molecule has 0 saturated carbocycles. The number of aromatic nitrogens is 1. The first-order valence-corrected chi connectivity index (χ1v) is 8.97. The molecule has 2 aliphatic rings. The summed E-state index contributed by atoms with van der Waals surface area (Å²) in [5.41, 5.74) is 2.11. The second-order valence-electron chi connectivity index (χ2n) is 6.65. The fraction of sp³-hybridized carbons (Fsp3) is 0.333. The number of carbonyl (C=O) groups is 1. The van der Waals surface area contributed by atoms with E-state index in [0.29, 0.717) is 12.0 Å². The zero-order chi connectivity index (χ0) is 18.6. The molecule has 1 amide bonds. The molecule has 27 heavy (non-hydrogen) atoms. The highest BCUT2D eigenvalue weighted by Crippen LogP contribution is 2.36. The van der Waals surface area contributed by atoms with Crippen LogP contribution in [0.25, 0.3) is 0 Å². The molecule has 2 fully saturated rings. The number of benzene rings is 1. The Balaban J connectivity index is 1.54. The number of hydrogen-bond acceptors (Lipinski definition) is 4. The topological polar surface area (TPSA) is 60.5 Å². The summed E-state index contributed by atoms with van der Waals surface area (Å²) in [7, 11) is 0. The molecule has 1 aromatic heterocycles. The van der Waals surface area contributed by atoms with Gasteiger partial charge in [0, 0.05) is 31.0 Å².